The Bertz CT molecular complexity index is 2940. The second-order valence-electron chi connectivity index (χ2n) is 14.1. The number of methoxy groups -OCH3 is 1. The summed E-state index contributed by atoms with van der Waals surface area (Å²) in [6.45, 7) is 5.95. The van der Waals surface area contributed by atoms with E-state index in [0.717, 1.165) is 38.7 Å². The molecule has 0 aliphatic heterocycles. The fraction of sp³-hybridized carbons (Fsp3) is 0.0870. The third-order valence-electron chi connectivity index (χ3n) is 9.86. The van der Waals surface area contributed by atoms with Gasteiger partial charge in [-0.1, -0.05) is 36.4 Å². The van der Waals surface area contributed by atoms with Gasteiger partial charge in [-0.3, -0.25) is 9.59 Å². The Balaban J connectivity index is 0.000000184. The van der Waals surface area contributed by atoms with E-state index in [1.807, 2.05) is 87.5 Å². The van der Waals surface area contributed by atoms with Crippen LogP contribution in [0.25, 0.3) is 44.3 Å². The third-order valence-corrected chi connectivity index (χ3v) is 9.86. The number of aryl methyl sites for hydroxylation is 3. The van der Waals surface area contributed by atoms with Gasteiger partial charge in [0.05, 0.1) is 12.8 Å². The first-order chi connectivity index (χ1) is 29.4. The Morgan fingerprint density at radius 3 is 1.51 bits per heavy atom. The highest BCUT2D eigenvalue weighted by Crippen LogP contribution is 2.34. The normalized spacial score (nSPS) is 10.7. The zero-order valence-corrected chi connectivity index (χ0v) is 33.6. The van der Waals surface area contributed by atoms with Gasteiger partial charge >= 0.3 is 12.1 Å². The second kappa shape index (κ2) is 17.6. The highest BCUT2D eigenvalue weighted by molar-refractivity contribution is 6.10. The van der Waals surface area contributed by atoms with Crippen LogP contribution < -0.4 is 37.5 Å². The molecule has 0 radical (unpaired) electrons. The Morgan fingerprint density at radius 2 is 1.03 bits per heavy atom. The molecule has 15 heteroatoms. The van der Waals surface area contributed by atoms with Gasteiger partial charge in [-0.2, -0.15) is 0 Å². The van der Waals surface area contributed by atoms with Gasteiger partial charge in [0.15, 0.2) is 0 Å². The van der Waals surface area contributed by atoms with Crippen LogP contribution in [-0.4, -0.2) is 50.9 Å². The zero-order chi connectivity index (χ0) is 43.2. The van der Waals surface area contributed by atoms with Crippen LogP contribution in [0.2, 0.25) is 0 Å². The minimum Gasteiger partial charge on any atom is -0.495 e. The molecule has 0 fully saturated rings. The monoisotopic (exact) mass is 814 g/mol. The van der Waals surface area contributed by atoms with Crippen molar-refractivity contribution in [1.29, 1.82) is 0 Å². The number of carbonyl (C=O) groups is 4. The number of nitrogens with zero attached hydrogens (tertiary/aromatic N) is 2. The van der Waals surface area contributed by atoms with E-state index in [9.17, 15) is 19.2 Å². The van der Waals surface area contributed by atoms with Crippen molar-refractivity contribution in [2.45, 2.75) is 20.8 Å². The van der Waals surface area contributed by atoms with Crippen molar-refractivity contribution in [2.24, 2.45) is 11.5 Å². The fourth-order valence-electron chi connectivity index (χ4n) is 6.77. The molecular formula is C46H42N10O5. The van der Waals surface area contributed by atoms with E-state index in [2.05, 4.69) is 41.2 Å². The van der Waals surface area contributed by atoms with E-state index in [1.165, 1.54) is 5.56 Å². The number of ether oxygens (including phenoxy) is 1. The third kappa shape index (κ3) is 9.16. The standard InChI is InChI=1S/C23H21N5O3.C23H21N5O2/c1-13-5-10-18(31-2)17(12-13)27-23(30)26-15-8-6-14(7-9-15)19-16-4-3-11-25-22(16)28-20(19)21(24)29;1-13-5-8-17(12-14(13)2)27-23(30)26-16-9-6-15(7-10-16)19-18-4-3-11-25-22(18)28-20(19)21(24)29/h3-12H,1-2H3,(H2,24,29)(H,25,28)(H2,26,27,30);3-12H,1-2H3,(H2,24,29)(H,25,28)(H2,26,27,30). The minimum absolute atomic E-state index is 0.290. The molecule has 0 unspecified atom stereocenters. The van der Waals surface area contributed by atoms with Crippen LogP contribution in [0, 0.1) is 20.8 Å². The topological polar surface area (TPSA) is 235 Å². The van der Waals surface area contributed by atoms with Gasteiger partial charge in [0.1, 0.15) is 28.4 Å². The number of fused-ring (bicyclic) bond motifs is 2. The Hall–Kier alpha value is -8.46. The van der Waals surface area contributed by atoms with Crippen LogP contribution in [0.5, 0.6) is 5.75 Å². The van der Waals surface area contributed by atoms with Crippen LogP contribution in [0.1, 0.15) is 37.7 Å². The lowest BCUT2D eigenvalue weighted by molar-refractivity contribution is 0.0988. The molecule has 0 saturated carbocycles. The molecular weight excluding hydrogens is 773 g/mol. The summed E-state index contributed by atoms with van der Waals surface area (Å²) in [6.07, 6.45) is 3.29. The molecule has 6 amide bonds. The number of pyridine rings is 2. The molecule has 4 aromatic heterocycles. The van der Waals surface area contributed by atoms with Crippen LogP contribution in [0.3, 0.4) is 0 Å². The highest BCUT2D eigenvalue weighted by atomic mass is 16.5. The van der Waals surface area contributed by atoms with Crippen molar-refractivity contribution in [2.75, 3.05) is 28.4 Å². The number of primary amides is 2. The van der Waals surface area contributed by atoms with Crippen LogP contribution in [0.4, 0.5) is 32.3 Å². The van der Waals surface area contributed by atoms with Gasteiger partial charge in [-0.25, -0.2) is 19.6 Å². The quantitative estimate of drug-likeness (QED) is 0.0704. The Labute approximate surface area is 350 Å². The molecule has 8 aromatic rings. The predicted molar refractivity (Wildman–Crippen MR) is 239 cm³/mol. The summed E-state index contributed by atoms with van der Waals surface area (Å²) in [5.41, 5.74) is 21.6. The van der Waals surface area contributed by atoms with Gasteiger partial charge in [-0.15, -0.1) is 0 Å². The molecule has 15 nitrogen and oxygen atoms in total. The molecule has 4 aromatic carbocycles. The summed E-state index contributed by atoms with van der Waals surface area (Å²) in [7, 11) is 1.55. The fourth-order valence-corrected chi connectivity index (χ4v) is 6.77. The Kier molecular flexibility index (Phi) is 11.7. The van der Waals surface area contributed by atoms with E-state index >= 15 is 0 Å². The van der Waals surface area contributed by atoms with Crippen LogP contribution >= 0.6 is 0 Å². The molecule has 0 atom stereocenters. The largest absolute Gasteiger partial charge is 0.495 e. The second-order valence-corrected chi connectivity index (χ2v) is 14.1. The zero-order valence-electron chi connectivity index (χ0n) is 33.6. The van der Waals surface area contributed by atoms with E-state index in [1.54, 1.807) is 62.0 Å². The number of rotatable bonds is 9. The number of amides is 6. The van der Waals surface area contributed by atoms with E-state index < -0.39 is 17.8 Å². The van der Waals surface area contributed by atoms with Crippen molar-refractivity contribution in [3.63, 3.8) is 0 Å². The van der Waals surface area contributed by atoms with Crippen LogP contribution in [0.15, 0.2) is 122 Å². The summed E-state index contributed by atoms with van der Waals surface area (Å²) < 4.78 is 5.29. The number of nitrogens with one attached hydrogen (secondary N) is 6. The molecule has 0 aliphatic rings. The first-order valence-electron chi connectivity index (χ1n) is 19.0. The van der Waals surface area contributed by atoms with Gasteiger partial charge in [0.25, 0.3) is 11.8 Å². The van der Waals surface area contributed by atoms with Crippen molar-refractivity contribution < 1.29 is 23.9 Å². The number of nitrogens with two attached hydrogens (primary N) is 2. The minimum atomic E-state index is -0.568. The molecule has 61 heavy (non-hydrogen) atoms. The predicted octanol–water partition coefficient (Wildman–Crippen LogP) is 8.88. The summed E-state index contributed by atoms with van der Waals surface area (Å²) in [6, 6.07) is 32.2. The highest BCUT2D eigenvalue weighted by Gasteiger charge is 2.19. The number of H-pyrrole nitrogens is 2. The van der Waals surface area contributed by atoms with E-state index in [4.69, 9.17) is 16.2 Å². The molecule has 0 spiro atoms. The van der Waals surface area contributed by atoms with E-state index in [0.29, 0.717) is 56.6 Å². The number of benzene rings is 4. The lowest BCUT2D eigenvalue weighted by Gasteiger charge is -2.12. The number of hydrogen-bond donors (Lipinski definition) is 8. The average molecular weight is 815 g/mol. The van der Waals surface area contributed by atoms with Crippen LogP contribution in [-0.2, 0) is 0 Å². The number of aromatic nitrogens is 4. The maximum atomic E-state index is 12.4. The van der Waals surface area contributed by atoms with Crippen molar-refractivity contribution in [3.8, 4) is 28.0 Å². The SMILES string of the molecule is COc1ccc(C)cc1NC(=O)Nc1ccc(-c2c(C(N)=O)[nH]c3ncccc23)cc1.Cc1ccc(NC(=O)Nc2ccc(-c3c(C(N)=O)[nH]c4ncccc34)cc2)cc1C. The molecule has 4 heterocycles. The summed E-state index contributed by atoms with van der Waals surface area (Å²) in [5.74, 6) is -0.553. The molecule has 8 rings (SSSR count). The number of carbonyl (C=O) groups excluding carboxylic acids is 4. The lowest BCUT2D eigenvalue weighted by Crippen LogP contribution is -2.19. The van der Waals surface area contributed by atoms with Gasteiger partial charge < -0.3 is 47.4 Å². The van der Waals surface area contributed by atoms with Crippen molar-refractivity contribution >= 4 is 68.7 Å². The number of urea groups is 2. The summed E-state index contributed by atoms with van der Waals surface area (Å²) in [4.78, 5) is 63.0. The van der Waals surface area contributed by atoms with Gasteiger partial charge in [-0.05, 0) is 121 Å². The molecule has 10 N–H and O–H groups in total. The number of anilines is 4. The lowest BCUT2D eigenvalue weighted by atomic mass is 10.0. The summed E-state index contributed by atoms with van der Waals surface area (Å²) in [5, 5.41) is 12.8. The smallest absolute Gasteiger partial charge is 0.323 e. The maximum Gasteiger partial charge on any atom is 0.323 e. The van der Waals surface area contributed by atoms with Gasteiger partial charge in [0, 0.05) is 51.4 Å². The maximum absolute atomic E-state index is 12.4. The summed E-state index contributed by atoms with van der Waals surface area (Å²) >= 11 is 0. The van der Waals surface area contributed by atoms with E-state index in [-0.39, 0.29) is 6.03 Å². The molecule has 0 saturated heterocycles. The van der Waals surface area contributed by atoms with Crippen molar-refractivity contribution in [1.82, 2.24) is 19.9 Å². The molecule has 306 valence electrons. The first kappa shape index (κ1) is 40.7. The van der Waals surface area contributed by atoms with Crippen molar-refractivity contribution in [3.05, 3.63) is 150 Å². The Morgan fingerprint density at radius 1 is 0.557 bits per heavy atom. The number of aromatic amines is 2. The molecule has 0 bridgehead atoms. The molecule has 0 aliphatic carbocycles. The number of hydrogen-bond acceptors (Lipinski definition) is 7. The first-order valence-corrected chi connectivity index (χ1v) is 19.0. The average Bonchev–Trinajstić information content (AvgIpc) is 3.83. The van der Waals surface area contributed by atoms with Gasteiger partial charge in [0.2, 0.25) is 0 Å².